The Morgan fingerprint density at radius 3 is 3.00 bits per heavy atom. The minimum atomic E-state index is -0.144. The van der Waals surface area contributed by atoms with Gasteiger partial charge in [0, 0.05) is 16.1 Å². The van der Waals surface area contributed by atoms with E-state index >= 15 is 0 Å². The summed E-state index contributed by atoms with van der Waals surface area (Å²) in [7, 11) is 0. The molecule has 0 spiro atoms. The molecule has 0 bridgehead atoms. The maximum Gasteiger partial charge on any atom is 0.135 e. The molecule has 1 aromatic carbocycles. The van der Waals surface area contributed by atoms with Gasteiger partial charge >= 0.3 is 0 Å². The molecule has 1 aromatic heterocycles. The standard InChI is InChI=1S/C9H7BrFN/c1-5-4-7(10)9-6(8(5)11)2-3-12-9/h2-4,12H,1H3. The molecule has 0 atom stereocenters. The maximum atomic E-state index is 13.4. The van der Waals surface area contributed by atoms with Crippen LogP contribution in [-0.4, -0.2) is 4.98 Å². The molecule has 12 heavy (non-hydrogen) atoms. The van der Waals surface area contributed by atoms with Crippen molar-refractivity contribution in [3.05, 3.63) is 34.2 Å². The quantitative estimate of drug-likeness (QED) is 0.711. The van der Waals surface area contributed by atoms with Gasteiger partial charge in [0.1, 0.15) is 5.82 Å². The van der Waals surface area contributed by atoms with E-state index in [1.165, 1.54) is 0 Å². The summed E-state index contributed by atoms with van der Waals surface area (Å²) in [6, 6.07) is 3.51. The van der Waals surface area contributed by atoms with Crippen molar-refractivity contribution in [3.63, 3.8) is 0 Å². The Morgan fingerprint density at radius 2 is 2.25 bits per heavy atom. The van der Waals surface area contributed by atoms with Crippen molar-refractivity contribution in [1.29, 1.82) is 0 Å². The average molecular weight is 228 g/mol. The molecule has 0 unspecified atom stereocenters. The van der Waals surface area contributed by atoms with Gasteiger partial charge in [0.05, 0.1) is 5.52 Å². The summed E-state index contributed by atoms with van der Waals surface area (Å²) in [5.41, 5.74) is 1.48. The van der Waals surface area contributed by atoms with Gasteiger partial charge < -0.3 is 4.98 Å². The predicted octanol–water partition coefficient (Wildman–Crippen LogP) is 3.38. The van der Waals surface area contributed by atoms with E-state index in [9.17, 15) is 4.39 Å². The second-order valence-electron chi connectivity index (χ2n) is 2.76. The number of aromatic nitrogens is 1. The van der Waals surface area contributed by atoms with Crippen LogP contribution in [0.4, 0.5) is 4.39 Å². The van der Waals surface area contributed by atoms with E-state index in [1.807, 2.05) is 0 Å². The van der Waals surface area contributed by atoms with Gasteiger partial charge in [-0.1, -0.05) is 0 Å². The first-order valence-corrected chi connectivity index (χ1v) is 4.41. The number of aromatic amines is 1. The van der Waals surface area contributed by atoms with Crippen LogP contribution in [0.5, 0.6) is 0 Å². The predicted molar refractivity (Wildman–Crippen MR) is 50.7 cm³/mol. The third-order valence-corrected chi connectivity index (χ3v) is 2.54. The number of halogens is 2. The summed E-state index contributed by atoms with van der Waals surface area (Å²) >= 11 is 3.36. The third-order valence-electron chi connectivity index (χ3n) is 1.91. The van der Waals surface area contributed by atoms with Crippen molar-refractivity contribution < 1.29 is 4.39 Å². The van der Waals surface area contributed by atoms with Crippen molar-refractivity contribution in [3.8, 4) is 0 Å². The van der Waals surface area contributed by atoms with Gasteiger partial charge in [0.25, 0.3) is 0 Å². The normalized spacial score (nSPS) is 10.9. The zero-order valence-electron chi connectivity index (χ0n) is 6.49. The summed E-state index contributed by atoms with van der Waals surface area (Å²) in [5.74, 6) is -0.144. The highest BCUT2D eigenvalue weighted by molar-refractivity contribution is 9.10. The molecule has 3 heteroatoms. The fraction of sp³-hybridized carbons (Fsp3) is 0.111. The van der Waals surface area contributed by atoms with Gasteiger partial charge in [0.15, 0.2) is 0 Å². The van der Waals surface area contributed by atoms with Crippen molar-refractivity contribution in [1.82, 2.24) is 4.98 Å². The Morgan fingerprint density at radius 1 is 1.50 bits per heavy atom. The monoisotopic (exact) mass is 227 g/mol. The molecule has 62 valence electrons. The summed E-state index contributed by atoms with van der Waals surface area (Å²) in [5, 5.41) is 0.641. The van der Waals surface area contributed by atoms with Crippen molar-refractivity contribution in [2.24, 2.45) is 0 Å². The highest BCUT2D eigenvalue weighted by atomic mass is 79.9. The number of nitrogens with one attached hydrogen (secondary N) is 1. The molecule has 1 nitrogen and oxygen atoms in total. The van der Waals surface area contributed by atoms with E-state index in [0.29, 0.717) is 10.9 Å². The molecule has 0 saturated carbocycles. The minimum absolute atomic E-state index is 0.144. The molecule has 0 fully saturated rings. The molecule has 0 aliphatic rings. The summed E-state index contributed by atoms with van der Waals surface area (Å²) < 4.78 is 14.3. The highest BCUT2D eigenvalue weighted by Gasteiger charge is 2.07. The van der Waals surface area contributed by atoms with E-state index < -0.39 is 0 Å². The molecule has 0 radical (unpaired) electrons. The number of aryl methyl sites for hydroxylation is 1. The van der Waals surface area contributed by atoms with Gasteiger partial charge in [-0.25, -0.2) is 4.39 Å². The van der Waals surface area contributed by atoms with Crippen molar-refractivity contribution in [2.75, 3.05) is 0 Å². The molecule has 0 amide bonds. The van der Waals surface area contributed by atoms with Gasteiger partial charge in [0.2, 0.25) is 0 Å². The lowest BCUT2D eigenvalue weighted by Crippen LogP contribution is -1.83. The Labute approximate surface area is 77.7 Å². The highest BCUT2D eigenvalue weighted by Crippen LogP contribution is 2.27. The summed E-state index contributed by atoms with van der Waals surface area (Å²) in [6.07, 6.45) is 1.73. The lowest BCUT2D eigenvalue weighted by molar-refractivity contribution is 0.630. The number of fused-ring (bicyclic) bond motifs is 1. The molecule has 2 aromatic rings. The molecule has 0 saturated heterocycles. The van der Waals surface area contributed by atoms with E-state index in [1.54, 1.807) is 25.3 Å². The van der Waals surface area contributed by atoms with Crippen LogP contribution in [0.15, 0.2) is 22.8 Å². The van der Waals surface area contributed by atoms with Crippen LogP contribution in [0.25, 0.3) is 10.9 Å². The van der Waals surface area contributed by atoms with Gasteiger partial charge in [-0.2, -0.15) is 0 Å². The molecular weight excluding hydrogens is 221 g/mol. The van der Waals surface area contributed by atoms with Crippen LogP contribution < -0.4 is 0 Å². The van der Waals surface area contributed by atoms with E-state index in [-0.39, 0.29) is 5.82 Å². The van der Waals surface area contributed by atoms with Crippen LogP contribution >= 0.6 is 15.9 Å². The second-order valence-corrected chi connectivity index (χ2v) is 3.61. The molecule has 0 aliphatic carbocycles. The Kier molecular flexibility index (Phi) is 1.68. The molecule has 2 rings (SSSR count). The third kappa shape index (κ3) is 0.966. The van der Waals surface area contributed by atoms with E-state index in [0.717, 1.165) is 9.99 Å². The van der Waals surface area contributed by atoms with Crippen molar-refractivity contribution >= 4 is 26.8 Å². The first kappa shape index (κ1) is 7.80. The lowest BCUT2D eigenvalue weighted by atomic mass is 10.1. The van der Waals surface area contributed by atoms with Crippen LogP contribution in [0.3, 0.4) is 0 Å². The maximum absolute atomic E-state index is 13.4. The summed E-state index contributed by atoms with van der Waals surface area (Å²) in [4.78, 5) is 2.97. The largest absolute Gasteiger partial charge is 0.360 e. The molecular formula is C9H7BrFN. The number of hydrogen-bond donors (Lipinski definition) is 1. The van der Waals surface area contributed by atoms with Gasteiger partial charge in [-0.05, 0) is 40.5 Å². The van der Waals surface area contributed by atoms with Crippen molar-refractivity contribution in [2.45, 2.75) is 6.92 Å². The zero-order chi connectivity index (χ0) is 8.72. The number of benzene rings is 1. The SMILES string of the molecule is Cc1cc(Br)c2[nH]ccc2c1F. The average Bonchev–Trinajstić information content (AvgIpc) is 2.48. The van der Waals surface area contributed by atoms with Crippen LogP contribution in [0, 0.1) is 12.7 Å². The number of hydrogen-bond acceptors (Lipinski definition) is 0. The Bertz CT molecular complexity index is 433. The lowest BCUT2D eigenvalue weighted by Gasteiger charge is -1.99. The van der Waals surface area contributed by atoms with Gasteiger partial charge in [-0.3, -0.25) is 0 Å². The molecule has 0 aliphatic heterocycles. The second kappa shape index (κ2) is 2.59. The first-order valence-electron chi connectivity index (χ1n) is 3.62. The van der Waals surface area contributed by atoms with E-state index in [4.69, 9.17) is 0 Å². The topological polar surface area (TPSA) is 15.8 Å². The smallest absolute Gasteiger partial charge is 0.135 e. The Hall–Kier alpha value is -0.830. The van der Waals surface area contributed by atoms with Crippen LogP contribution in [-0.2, 0) is 0 Å². The minimum Gasteiger partial charge on any atom is -0.360 e. The zero-order valence-corrected chi connectivity index (χ0v) is 8.07. The van der Waals surface area contributed by atoms with Gasteiger partial charge in [-0.15, -0.1) is 0 Å². The number of H-pyrrole nitrogens is 1. The fourth-order valence-electron chi connectivity index (χ4n) is 1.29. The fourth-order valence-corrected chi connectivity index (χ4v) is 1.96. The van der Waals surface area contributed by atoms with E-state index in [2.05, 4.69) is 20.9 Å². The molecule has 1 heterocycles. The Balaban J connectivity index is 2.97. The summed E-state index contributed by atoms with van der Waals surface area (Å²) in [6.45, 7) is 1.76. The number of rotatable bonds is 0. The van der Waals surface area contributed by atoms with Crippen LogP contribution in [0.2, 0.25) is 0 Å². The molecule has 1 N–H and O–H groups in total. The first-order chi connectivity index (χ1) is 5.70. The van der Waals surface area contributed by atoms with Crippen LogP contribution in [0.1, 0.15) is 5.56 Å².